The van der Waals surface area contributed by atoms with Crippen LogP contribution in [0.25, 0.3) is 0 Å². The summed E-state index contributed by atoms with van der Waals surface area (Å²) in [6.45, 7) is 2.74. The number of carbonyl (C=O) groups is 1. The van der Waals surface area contributed by atoms with Gasteiger partial charge in [0.05, 0.1) is 12.1 Å². The minimum Gasteiger partial charge on any atom is -0.481 e. The van der Waals surface area contributed by atoms with Crippen molar-refractivity contribution in [2.24, 2.45) is 5.92 Å². The first kappa shape index (κ1) is 14.2. The van der Waals surface area contributed by atoms with Crippen molar-refractivity contribution in [1.29, 1.82) is 0 Å². The molecule has 0 aliphatic heterocycles. The quantitative estimate of drug-likeness (QED) is 0.882. The molecule has 4 nitrogen and oxygen atoms in total. The van der Waals surface area contributed by atoms with E-state index in [1.54, 1.807) is 23.0 Å². The Balaban J connectivity index is 2.07. The molecule has 106 valence electrons. The zero-order valence-corrected chi connectivity index (χ0v) is 11.3. The number of hydrogen-bond donors (Lipinski definition) is 1. The fourth-order valence-corrected chi connectivity index (χ4v) is 2.12. The summed E-state index contributed by atoms with van der Waals surface area (Å²) in [5, 5.41) is 13.5. The van der Waals surface area contributed by atoms with Crippen LogP contribution in [0.3, 0.4) is 0 Å². The van der Waals surface area contributed by atoms with E-state index in [9.17, 15) is 14.3 Å². The fraction of sp³-hybridized carbons (Fsp3) is 0.333. The van der Waals surface area contributed by atoms with Crippen molar-refractivity contribution >= 4 is 5.97 Å². The Morgan fingerprint density at radius 1 is 1.30 bits per heavy atom. The Morgan fingerprint density at radius 3 is 2.50 bits per heavy atom. The van der Waals surface area contributed by atoms with Gasteiger partial charge in [-0.15, -0.1) is 0 Å². The van der Waals surface area contributed by atoms with Crippen molar-refractivity contribution in [3.05, 3.63) is 53.6 Å². The van der Waals surface area contributed by atoms with E-state index >= 15 is 0 Å². The second-order valence-corrected chi connectivity index (χ2v) is 4.77. The lowest BCUT2D eigenvalue weighted by Gasteiger charge is -2.11. The Labute approximate surface area is 116 Å². The van der Waals surface area contributed by atoms with Gasteiger partial charge >= 0.3 is 5.97 Å². The number of benzene rings is 1. The summed E-state index contributed by atoms with van der Waals surface area (Å²) in [4.78, 5) is 11.4. The maximum absolute atomic E-state index is 12.8. The molecule has 2 rings (SSSR count). The lowest BCUT2D eigenvalue weighted by atomic mass is 9.94. The standard InChI is InChI=1S/C15H17FN2O2/c1-2-18-10-12(9-17-18)8-13(15(19)20)7-11-3-5-14(16)6-4-11/h3-6,9-10,13H,2,7-8H2,1H3,(H,19,20). The third-order valence-corrected chi connectivity index (χ3v) is 3.24. The number of aryl methyl sites for hydroxylation is 1. The average molecular weight is 276 g/mol. The highest BCUT2D eigenvalue weighted by atomic mass is 19.1. The number of aromatic nitrogens is 2. The van der Waals surface area contributed by atoms with E-state index in [0.717, 1.165) is 17.7 Å². The smallest absolute Gasteiger partial charge is 0.307 e. The highest BCUT2D eigenvalue weighted by Crippen LogP contribution is 2.15. The Kier molecular flexibility index (Phi) is 4.50. The van der Waals surface area contributed by atoms with Crippen LogP contribution in [0.4, 0.5) is 4.39 Å². The lowest BCUT2D eigenvalue weighted by Crippen LogP contribution is -2.19. The molecular weight excluding hydrogens is 259 g/mol. The van der Waals surface area contributed by atoms with Crippen LogP contribution in [0, 0.1) is 11.7 Å². The van der Waals surface area contributed by atoms with Crippen molar-refractivity contribution in [3.63, 3.8) is 0 Å². The van der Waals surface area contributed by atoms with Gasteiger partial charge < -0.3 is 5.11 Å². The Hall–Kier alpha value is -2.17. The summed E-state index contributed by atoms with van der Waals surface area (Å²) in [6, 6.07) is 5.95. The number of aliphatic carboxylic acids is 1. The fourth-order valence-electron chi connectivity index (χ4n) is 2.12. The van der Waals surface area contributed by atoms with Gasteiger partial charge in [0.2, 0.25) is 0 Å². The molecule has 0 aliphatic rings. The first-order valence-electron chi connectivity index (χ1n) is 6.57. The maximum atomic E-state index is 12.8. The van der Waals surface area contributed by atoms with E-state index in [-0.39, 0.29) is 5.82 Å². The van der Waals surface area contributed by atoms with Crippen LogP contribution in [0.2, 0.25) is 0 Å². The lowest BCUT2D eigenvalue weighted by molar-refractivity contribution is -0.141. The second-order valence-electron chi connectivity index (χ2n) is 4.77. The van der Waals surface area contributed by atoms with Crippen LogP contribution in [0.1, 0.15) is 18.1 Å². The molecule has 0 radical (unpaired) electrons. The average Bonchev–Trinajstić information content (AvgIpc) is 2.88. The molecule has 1 aromatic carbocycles. The molecule has 0 bridgehead atoms. The molecule has 0 aliphatic carbocycles. The maximum Gasteiger partial charge on any atom is 0.307 e. The molecule has 1 unspecified atom stereocenters. The molecule has 1 N–H and O–H groups in total. The Bertz CT molecular complexity index is 578. The molecule has 1 heterocycles. The van der Waals surface area contributed by atoms with Gasteiger partial charge in [0.25, 0.3) is 0 Å². The summed E-state index contributed by atoms with van der Waals surface area (Å²) < 4.78 is 14.6. The molecule has 0 saturated carbocycles. The summed E-state index contributed by atoms with van der Waals surface area (Å²) in [5.74, 6) is -1.70. The molecule has 0 spiro atoms. The van der Waals surface area contributed by atoms with Gasteiger partial charge in [-0.05, 0) is 43.0 Å². The highest BCUT2D eigenvalue weighted by molar-refractivity contribution is 5.70. The van der Waals surface area contributed by atoms with Crippen molar-refractivity contribution in [3.8, 4) is 0 Å². The van der Waals surface area contributed by atoms with Crippen LogP contribution < -0.4 is 0 Å². The zero-order chi connectivity index (χ0) is 14.5. The first-order valence-corrected chi connectivity index (χ1v) is 6.57. The second kappa shape index (κ2) is 6.32. The third kappa shape index (κ3) is 3.66. The normalized spacial score (nSPS) is 12.3. The summed E-state index contributed by atoms with van der Waals surface area (Å²) >= 11 is 0. The predicted octanol–water partition coefficient (Wildman–Crippen LogP) is 2.53. The van der Waals surface area contributed by atoms with Crippen molar-refractivity contribution < 1.29 is 14.3 Å². The van der Waals surface area contributed by atoms with Crippen LogP contribution in [-0.2, 0) is 24.2 Å². The molecule has 1 aromatic heterocycles. The number of carboxylic acid groups (broad SMARTS) is 1. The summed E-state index contributed by atoms with van der Waals surface area (Å²) in [6.07, 6.45) is 4.37. The molecular formula is C15H17FN2O2. The van der Waals surface area contributed by atoms with E-state index in [1.807, 2.05) is 13.1 Å². The molecule has 5 heteroatoms. The van der Waals surface area contributed by atoms with Gasteiger partial charge in [-0.3, -0.25) is 9.48 Å². The molecule has 0 fully saturated rings. The van der Waals surface area contributed by atoms with Gasteiger partial charge in [0, 0.05) is 12.7 Å². The minimum absolute atomic E-state index is 0.315. The monoisotopic (exact) mass is 276 g/mol. The van der Waals surface area contributed by atoms with Gasteiger partial charge in [-0.2, -0.15) is 5.10 Å². The van der Waals surface area contributed by atoms with Crippen LogP contribution in [0.5, 0.6) is 0 Å². The number of hydrogen-bond acceptors (Lipinski definition) is 2. The third-order valence-electron chi connectivity index (χ3n) is 3.24. The van der Waals surface area contributed by atoms with Gasteiger partial charge in [-0.1, -0.05) is 12.1 Å². The summed E-state index contributed by atoms with van der Waals surface area (Å²) in [5.41, 5.74) is 1.73. The number of halogens is 1. The zero-order valence-electron chi connectivity index (χ0n) is 11.3. The van der Waals surface area contributed by atoms with E-state index in [4.69, 9.17) is 0 Å². The predicted molar refractivity (Wildman–Crippen MR) is 72.8 cm³/mol. The van der Waals surface area contributed by atoms with Crippen molar-refractivity contribution in [1.82, 2.24) is 9.78 Å². The van der Waals surface area contributed by atoms with Gasteiger partial charge in [0.1, 0.15) is 5.82 Å². The first-order chi connectivity index (χ1) is 9.58. The SMILES string of the molecule is CCn1cc(CC(Cc2ccc(F)cc2)C(=O)O)cn1. The molecule has 2 aromatic rings. The van der Waals surface area contributed by atoms with Crippen LogP contribution in [0.15, 0.2) is 36.7 Å². The van der Waals surface area contributed by atoms with E-state index in [1.165, 1.54) is 12.1 Å². The van der Waals surface area contributed by atoms with Crippen molar-refractivity contribution in [2.75, 3.05) is 0 Å². The number of rotatable bonds is 6. The molecule has 0 amide bonds. The van der Waals surface area contributed by atoms with Gasteiger partial charge in [0.15, 0.2) is 0 Å². The van der Waals surface area contributed by atoms with Crippen LogP contribution in [-0.4, -0.2) is 20.9 Å². The van der Waals surface area contributed by atoms with Gasteiger partial charge in [-0.25, -0.2) is 4.39 Å². The highest BCUT2D eigenvalue weighted by Gasteiger charge is 2.19. The molecule has 0 saturated heterocycles. The minimum atomic E-state index is -0.849. The Morgan fingerprint density at radius 2 is 1.95 bits per heavy atom. The van der Waals surface area contributed by atoms with E-state index in [0.29, 0.717) is 12.8 Å². The topological polar surface area (TPSA) is 55.1 Å². The largest absolute Gasteiger partial charge is 0.481 e. The molecule has 1 atom stereocenters. The van der Waals surface area contributed by atoms with E-state index < -0.39 is 11.9 Å². The summed E-state index contributed by atoms with van der Waals surface area (Å²) in [7, 11) is 0. The molecule has 20 heavy (non-hydrogen) atoms. The van der Waals surface area contributed by atoms with E-state index in [2.05, 4.69) is 5.10 Å². The number of nitrogens with zero attached hydrogens (tertiary/aromatic N) is 2. The number of carboxylic acids is 1. The van der Waals surface area contributed by atoms with Crippen LogP contribution >= 0.6 is 0 Å². The van der Waals surface area contributed by atoms with Crippen molar-refractivity contribution in [2.45, 2.75) is 26.3 Å².